The van der Waals surface area contributed by atoms with Gasteiger partial charge in [-0.25, -0.2) is 8.78 Å². The number of ether oxygens (including phenoxy) is 1. The second-order valence-corrected chi connectivity index (χ2v) is 4.39. The van der Waals surface area contributed by atoms with Crippen molar-refractivity contribution in [2.24, 2.45) is 5.73 Å². The molecule has 0 heterocycles. The largest absolute Gasteiger partial charge is 0.497 e. The second-order valence-electron chi connectivity index (χ2n) is 4.39. The van der Waals surface area contributed by atoms with E-state index in [1.165, 1.54) is 25.3 Å². The Morgan fingerprint density at radius 2 is 1.58 bits per heavy atom. The molecule has 2 N–H and O–H groups in total. The van der Waals surface area contributed by atoms with Gasteiger partial charge in [0.15, 0.2) is 0 Å². The zero-order valence-electron chi connectivity index (χ0n) is 10.8. The van der Waals surface area contributed by atoms with E-state index in [1.807, 2.05) is 0 Å². The zero-order chi connectivity index (χ0) is 14.0. The van der Waals surface area contributed by atoms with Crippen molar-refractivity contribution in [2.45, 2.75) is 13.0 Å². The molecule has 0 aliphatic rings. The van der Waals surface area contributed by atoms with E-state index in [1.54, 1.807) is 25.1 Å². The number of hydrogen-bond donors (Lipinski definition) is 1. The SMILES string of the molecule is COc1ccc(C(N)c2ccc(C)cc2F)c(F)c1. The summed E-state index contributed by atoms with van der Waals surface area (Å²) >= 11 is 0. The fourth-order valence-electron chi connectivity index (χ4n) is 1.94. The quantitative estimate of drug-likeness (QED) is 0.921. The molecule has 1 atom stereocenters. The van der Waals surface area contributed by atoms with Crippen molar-refractivity contribution in [3.63, 3.8) is 0 Å². The number of aryl methyl sites for hydroxylation is 1. The molecule has 0 spiro atoms. The number of hydrogen-bond acceptors (Lipinski definition) is 2. The Bertz CT molecular complexity index is 599. The molecule has 2 nitrogen and oxygen atoms in total. The molecule has 1 unspecified atom stereocenters. The highest BCUT2D eigenvalue weighted by Gasteiger charge is 2.17. The fraction of sp³-hybridized carbons (Fsp3) is 0.200. The highest BCUT2D eigenvalue weighted by molar-refractivity contribution is 5.37. The van der Waals surface area contributed by atoms with E-state index in [9.17, 15) is 8.78 Å². The fourth-order valence-corrected chi connectivity index (χ4v) is 1.94. The first-order valence-electron chi connectivity index (χ1n) is 5.88. The van der Waals surface area contributed by atoms with Crippen molar-refractivity contribution in [3.05, 3.63) is 64.7 Å². The van der Waals surface area contributed by atoms with Crippen LogP contribution in [0.5, 0.6) is 5.75 Å². The predicted octanol–water partition coefficient (Wildman–Crippen LogP) is 3.33. The first kappa shape index (κ1) is 13.5. The molecule has 0 fully saturated rings. The van der Waals surface area contributed by atoms with Crippen molar-refractivity contribution in [1.82, 2.24) is 0 Å². The Morgan fingerprint density at radius 3 is 2.11 bits per heavy atom. The van der Waals surface area contributed by atoms with Crippen LogP contribution in [0.15, 0.2) is 36.4 Å². The van der Waals surface area contributed by atoms with Gasteiger partial charge in [-0.15, -0.1) is 0 Å². The average Bonchev–Trinajstić information content (AvgIpc) is 2.37. The van der Waals surface area contributed by atoms with Crippen molar-refractivity contribution in [2.75, 3.05) is 7.11 Å². The zero-order valence-corrected chi connectivity index (χ0v) is 10.8. The van der Waals surface area contributed by atoms with Gasteiger partial charge >= 0.3 is 0 Å². The molecular weight excluding hydrogens is 248 g/mol. The highest BCUT2D eigenvalue weighted by atomic mass is 19.1. The molecule has 0 saturated heterocycles. The van der Waals surface area contributed by atoms with Crippen LogP contribution < -0.4 is 10.5 Å². The molecule has 0 radical (unpaired) electrons. The summed E-state index contributed by atoms with van der Waals surface area (Å²) in [5, 5.41) is 0. The van der Waals surface area contributed by atoms with Gasteiger partial charge in [0, 0.05) is 17.2 Å². The lowest BCUT2D eigenvalue weighted by Crippen LogP contribution is -2.15. The molecule has 4 heteroatoms. The summed E-state index contributed by atoms with van der Waals surface area (Å²) in [5.74, 6) is -0.535. The molecule has 0 aliphatic carbocycles. The molecule has 2 aromatic carbocycles. The number of halogens is 2. The van der Waals surface area contributed by atoms with Crippen molar-refractivity contribution >= 4 is 0 Å². The Morgan fingerprint density at radius 1 is 1.00 bits per heavy atom. The van der Waals surface area contributed by atoms with E-state index in [4.69, 9.17) is 10.5 Å². The van der Waals surface area contributed by atoms with Gasteiger partial charge in [-0.1, -0.05) is 18.2 Å². The van der Waals surface area contributed by atoms with E-state index >= 15 is 0 Å². The second kappa shape index (κ2) is 5.36. The van der Waals surface area contributed by atoms with Crippen LogP contribution in [0.3, 0.4) is 0 Å². The molecule has 0 amide bonds. The van der Waals surface area contributed by atoms with Crippen LogP contribution in [0.25, 0.3) is 0 Å². The number of nitrogens with two attached hydrogens (primary N) is 1. The lowest BCUT2D eigenvalue weighted by molar-refractivity contribution is 0.410. The van der Waals surface area contributed by atoms with Crippen LogP contribution in [-0.4, -0.2) is 7.11 Å². The summed E-state index contributed by atoms with van der Waals surface area (Å²) < 4.78 is 32.7. The summed E-state index contributed by atoms with van der Waals surface area (Å²) in [6, 6.07) is 8.23. The van der Waals surface area contributed by atoms with Crippen LogP contribution in [0.2, 0.25) is 0 Å². The maximum Gasteiger partial charge on any atom is 0.132 e. The summed E-state index contributed by atoms with van der Waals surface area (Å²) in [6.07, 6.45) is 0. The minimum atomic E-state index is -0.841. The molecule has 0 saturated carbocycles. The van der Waals surface area contributed by atoms with Crippen LogP contribution in [0, 0.1) is 18.6 Å². The lowest BCUT2D eigenvalue weighted by atomic mass is 9.97. The molecular formula is C15H15F2NO. The van der Waals surface area contributed by atoms with E-state index in [0.717, 1.165) is 5.56 Å². The number of methoxy groups -OCH3 is 1. The summed E-state index contributed by atoms with van der Waals surface area (Å²) in [4.78, 5) is 0. The van der Waals surface area contributed by atoms with Crippen LogP contribution in [-0.2, 0) is 0 Å². The maximum atomic E-state index is 13.9. The van der Waals surface area contributed by atoms with Gasteiger partial charge in [0.05, 0.1) is 13.2 Å². The Kier molecular flexibility index (Phi) is 3.81. The first-order chi connectivity index (χ1) is 9.02. The Labute approximate surface area is 110 Å². The molecule has 100 valence electrons. The summed E-state index contributed by atoms with van der Waals surface area (Å²) in [5.41, 5.74) is 7.25. The third kappa shape index (κ3) is 2.74. The standard InChI is InChI=1S/C15H15F2NO/c1-9-3-5-11(13(16)7-9)15(18)12-6-4-10(19-2)8-14(12)17/h3-8,15H,18H2,1-2H3. The minimum Gasteiger partial charge on any atom is -0.497 e. The van der Waals surface area contributed by atoms with Crippen LogP contribution >= 0.6 is 0 Å². The molecule has 2 rings (SSSR count). The molecule has 0 aliphatic heterocycles. The normalized spacial score (nSPS) is 12.3. The van der Waals surface area contributed by atoms with E-state index in [-0.39, 0.29) is 11.1 Å². The van der Waals surface area contributed by atoms with Crippen LogP contribution in [0.1, 0.15) is 22.7 Å². The summed E-state index contributed by atoms with van der Waals surface area (Å²) in [6.45, 7) is 1.78. The highest BCUT2D eigenvalue weighted by Crippen LogP contribution is 2.27. The van der Waals surface area contributed by atoms with E-state index < -0.39 is 17.7 Å². The Balaban J connectivity index is 2.41. The number of rotatable bonds is 3. The van der Waals surface area contributed by atoms with E-state index in [0.29, 0.717) is 5.75 Å². The van der Waals surface area contributed by atoms with Gasteiger partial charge in [-0.3, -0.25) is 0 Å². The lowest BCUT2D eigenvalue weighted by Gasteiger charge is -2.15. The average molecular weight is 263 g/mol. The van der Waals surface area contributed by atoms with Gasteiger partial charge < -0.3 is 10.5 Å². The van der Waals surface area contributed by atoms with Gasteiger partial charge in [-0.2, -0.15) is 0 Å². The predicted molar refractivity (Wildman–Crippen MR) is 70.1 cm³/mol. The third-order valence-electron chi connectivity index (χ3n) is 3.03. The smallest absolute Gasteiger partial charge is 0.132 e. The first-order valence-corrected chi connectivity index (χ1v) is 5.88. The molecule has 0 aromatic heterocycles. The molecule has 2 aromatic rings. The molecule has 19 heavy (non-hydrogen) atoms. The van der Waals surface area contributed by atoms with Crippen molar-refractivity contribution in [3.8, 4) is 5.75 Å². The van der Waals surface area contributed by atoms with Gasteiger partial charge in [0.1, 0.15) is 17.4 Å². The van der Waals surface area contributed by atoms with Crippen LogP contribution in [0.4, 0.5) is 8.78 Å². The van der Waals surface area contributed by atoms with Crippen molar-refractivity contribution in [1.29, 1.82) is 0 Å². The molecule has 0 bridgehead atoms. The number of benzene rings is 2. The van der Waals surface area contributed by atoms with E-state index in [2.05, 4.69) is 0 Å². The Hall–Kier alpha value is -1.94. The van der Waals surface area contributed by atoms with Gasteiger partial charge in [-0.05, 0) is 24.6 Å². The maximum absolute atomic E-state index is 13.9. The van der Waals surface area contributed by atoms with Gasteiger partial charge in [0.25, 0.3) is 0 Å². The summed E-state index contributed by atoms with van der Waals surface area (Å²) in [7, 11) is 1.45. The third-order valence-corrected chi connectivity index (χ3v) is 3.03. The van der Waals surface area contributed by atoms with Gasteiger partial charge in [0.2, 0.25) is 0 Å². The topological polar surface area (TPSA) is 35.2 Å². The monoisotopic (exact) mass is 263 g/mol. The minimum absolute atomic E-state index is 0.239. The van der Waals surface area contributed by atoms with Crippen molar-refractivity contribution < 1.29 is 13.5 Å².